The molecule has 3 rings (SSSR count). The van der Waals surface area contributed by atoms with Gasteiger partial charge in [-0.05, 0) is 12.1 Å². The standard InChI is InChI=1S/C18H18N4O5/c1-20-13(23)9-10(14-16(20)21(2)18(26)22(3)17(14)25)15(24)19-11-7-5-6-8-12(11)27-4/h5-9H,1-4H3,(H,19,24). The van der Waals surface area contributed by atoms with Crippen LogP contribution in [-0.4, -0.2) is 26.7 Å². The van der Waals surface area contributed by atoms with E-state index in [9.17, 15) is 19.2 Å². The molecule has 3 aromatic rings. The minimum atomic E-state index is -0.658. The molecule has 1 aromatic carbocycles. The number of hydrogen-bond donors (Lipinski definition) is 1. The summed E-state index contributed by atoms with van der Waals surface area (Å²) in [6.45, 7) is 0. The first-order chi connectivity index (χ1) is 12.8. The van der Waals surface area contributed by atoms with E-state index in [4.69, 9.17) is 4.74 Å². The van der Waals surface area contributed by atoms with Gasteiger partial charge in [-0.25, -0.2) is 4.79 Å². The summed E-state index contributed by atoms with van der Waals surface area (Å²) in [4.78, 5) is 50.1. The lowest BCUT2D eigenvalue weighted by atomic mass is 10.1. The summed E-state index contributed by atoms with van der Waals surface area (Å²) in [6, 6.07) is 7.84. The van der Waals surface area contributed by atoms with Crippen molar-refractivity contribution < 1.29 is 9.53 Å². The molecule has 1 N–H and O–H groups in total. The van der Waals surface area contributed by atoms with Crippen molar-refractivity contribution in [1.82, 2.24) is 13.7 Å². The van der Waals surface area contributed by atoms with Crippen LogP contribution in [0.3, 0.4) is 0 Å². The molecule has 0 radical (unpaired) electrons. The maximum atomic E-state index is 12.9. The highest BCUT2D eigenvalue weighted by atomic mass is 16.5. The summed E-state index contributed by atoms with van der Waals surface area (Å²) >= 11 is 0. The number of nitrogens with one attached hydrogen (secondary N) is 1. The zero-order valence-corrected chi connectivity index (χ0v) is 15.3. The molecule has 0 saturated heterocycles. The molecule has 0 aliphatic carbocycles. The van der Waals surface area contributed by atoms with Crippen LogP contribution < -0.4 is 26.9 Å². The second kappa shape index (κ2) is 6.60. The number of nitrogens with zero attached hydrogens (tertiary/aromatic N) is 3. The Morgan fingerprint density at radius 3 is 2.33 bits per heavy atom. The van der Waals surface area contributed by atoms with Crippen molar-refractivity contribution in [1.29, 1.82) is 0 Å². The Balaban J connectivity index is 2.31. The Bertz CT molecular complexity index is 1250. The summed E-state index contributed by atoms with van der Waals surface area (Å²) in [5.74, 6) is -0.225. The number of anilines is 1. The molecule has 1 amide bonds. The Labute approximate surface area is 153 Å². The molecule has 140 valence electrons. The lowest BCUT2D eigenvalue weighted by Crippen LogP contribution is -2.40. The first kappa shape index (κ1) is 18.2. The van der Waals surface area contributed by atoms with Gasteiger partial charge in [-0.3, -0.25) is 28.1 Å². The smallest absolute Gasteiger partial charge is 0.332 e. The maximum Gasteiger partial charge on any atom is 0.332 e. The van der Waals surface area contributed by atoms with Gasteiger partial charge >= 0.3 is 5.69 Å². The van der Waals surface area contributed by atoms with Crippen molar-refractivity contribution in [2.75, 3.05) is 12.4 Å². The fraction of sp³-hybridized carbons (Fsp3) is 0.222. The number of para-hydroxylation sites is 2. The van der Waals surface area contributed by atoms with Crippen molar-refractivity contribution in [3.63, 3.8) is 0 Å². The zero-order valence-electron chi connectivity index (χ0n) is 15.3. The molecular formula is C18H18N4O5. The number of fused-ring (bicyclic) bond motifs is 1. The van der Waals surface area contributed by atoms with Gasteiger partial charge in [0.2, 0.25) is 0 Å². The number of aromatic nitrogens is 3. The number of pyridine rings is 1. The molecule has 27 heavy (non-hydrogen) atoms. The van der Waals surface area contributed by atoms with E-state index in [0.29, 0.717) is 11.4 Å². The van der Waals surface area contributed by atoms with Crippen molar-refractivity contribution in [2.45, 2.75) is 0 Å². The third kappa shape index (κ3) is 2.82. The van der Waals surface area contributed by atoms with Gasteiger partial charge in [0.15, 0.2) is 0 Å². The molecule has 0 aliphatic heterocycles. The fourth-order valence-corrected chi connectivity index (χ4v) is 2.98. The van der Waals surface area contributed by atoms with Gasteiger partial charge < -0.3 is 10.1 Å². The highest BCUT2D eigenvalue weighted by molar-refractivity contribution is 6.12. The average Bonchev–Trinajstić information content (AvgIpc) is 2.66. The van der Waals surface area contributed by atoms with Crippen LogP contribution in [0, 0.1) is 0 Å². The number of amides is 1. The molecule has 0 spiro atoms. The van der Waals surface area contributed by atoms with Crippen molar-refractivity contribution in [3.05, 3.63) is 67.1 Å². The normalized spacial score (nSPS) is 10.8. The monoisotopic (exact) mass is 370 g/mol. The van der Waals surface area contributed by atoms with Crippen LogP contribution in [0.1, 0.15) is 10.4 Å². The summed E-state index contributed by atoms with van der Waals surface area (Å²) in [7, 11) is 5.65. The second-order valence-electron chi connectivity index (χ2n) is 6.01. The van der Waals surface area contributed by atoms with Gasteiger partial charge in [-0.15, -0.1) is 0 Å². The number of hydrogen-bond acceptors (Lipinski definition) is 5. The lowest BCUT2D eigenvalue weighted by molar-refractivity contribution is 0.102. The van der Waals surface area contributed by atoms with Crippen LogP contribution in [0.2, 0.25) is 0 Å². The second-order valence-corrected chi connectivity index (χ2v) is 6.01. The number of carbonyl (C=O) groups excluding carboxylic acids is 1. The number of ether oxygens (including phenoxy) is 1. The van der Waals surface area contributed by atoms with E-state index in [2.05, 4.69) is 5.32 Å². The van der Waals surface area contributed by atoms with Gasteiger partial charge in [0, 0.05) is 27.2 Å². The molecule has 2 aromatic heterocycles. The third-order valence-corrected chi connectivity index (χ3v) is 4.42. The van der Waals surface area contributed by atoms with Crippen LogP contribution in [0.15, 0.2) is 44.7 Å². The van der Waals surface area contributed by atoms with Crippen LogP contribution in [0.4, 0.5) is 5.69 Å². The summed E-state index contributed by atoms with van der Waals surface area (Å²) in [5, 5.41) is 2.63. The van der Waals surface area contributed by atoms with Gasteiger partial charge in [0.05, 0.1) is 23.7 Å². The van der Waals surface area contributed by atoms with E-state index in [1.165, 1.54) is 28.3 Å². The number of benzene rings is 1. The van der Waals surface area contributed by atoms with E-state index >= 15 is 0 Å². The Kier molecular flexibility index (Phi) is 4.44. The topological polar surface area (TPSA) is 104 Å². The first-order valence-electron chi connectivity index (χ1n) is 8.02. The summed E-state index contributed by atoms with van der Waals surface area (Å²) in [6.07, 6.45) is 0. The van der Waals surface area contributed by atoms with Crippen molar-refractivity contribution >= 4 is 22.6 Å². The van der Waals surface area contributed by atoms with E-state index in [0.717, 1.165) is 19.8 Å². The van der Waals surface area contributed by atoms with E-state index in [-0.39, 0.29) is 16.6 Å². The molecule has 9 heteroatoms. The molecule has 9 nitrogen and oxygen atoms in total. The molecule has 0 fully saturated rings. The average molecular weight is 370 g/mol. The molecule has 0 atom stereocenters. The first-order valence-corrected chi connectivity index (χ1v) is 8.02. The molecule has 2 heterocycles. The Morgan fingerprint density at radius 2 is 1.67 bits per heavy atom. The van der Waals surface area contributed by atoms with E-state index < -0.39 is 22.7 Å². The van der Waals surface area contributed by atoms with Gasteiger partial charge in [0.25, 0.3) is 17.0 Å². The summed E-state index contributed by atoms with van der Waals surface area (Å²) < 4.78 is 8.42. The van der Waals surface area contributed by atoms with Crippen LogP contribution in [-0.2, 0) is 21.1 Å². The van der Waals surface area contributed by atoms with Gasteiger partial charge in [0.1, 0.15) is 11.4 Å². The number of methoxy groups -OCH3 is 1. The van der Waals surface area contributed by atoms with Crippen molar-refractivity contribution in [2.24, 2.45) is 21.1 Å². The lowest BCUT2D eigenvalue weighted by Gasteiger charge is -2.15. The van der Waals surface area contributed by atoms with E-state index in [1.54, 1.807) is 24.3 Å². The van der Waals surface area contributed by atoms with Crippen LogP contribution in [0.5, 0.6) is 5.75 Å². The largest absolute Gasteiger partial charge is 0.495 e. The van der Waals surface area contributed by atoms with Gasteiger partial charge in [-0.2, -0.15) is 0 Å². The quantitative estimate of drug-likeness (QED) is 0.709. The predicted molar refractivity (Wildman–Crippen MR) is 101 cm³/mol. The van der Waals surface area contributed by atoms with Crippen LogP contribution >= 0.6 is 0 Å². The molecule has 0 aliphatic rings. The Morgan fingerprint density at radius 1 is 1.00 bits per heavy atom. The SMILES string of the molecule is COc1ccccc1NC(=O)c1cc(=O)n(C)c2c1c(=O)n(C)c(=O)n2C. The fourth-order valence-electron chi connectivity index (χ4n) is 2.98. The molecule has 0 bridgehead atoms. The highest BCUT2D eigenvalue weighted by Gasteiger charge is 2.21. The van der Waals surface area contributed by atoms with E-state index in [1.807, 2.05) is 0 Å². The Hall–Kier alpha value is -3.62. The number of aryl methyl sites for hydroxylation is 2. The number of carbonyl (C=O) groups is 1. The minimum absolute atomic E-state index is 0.0194. The summed E-state index contributed by atoms with van der Waals surface area (Å²) in [5.41, 5.74) is -1.42. The zero-order chi connectivity index (χ0) is 19.9. The predicted octanol–water partition coefficient (Wildman–Crippen LogP) is 0.197. The molecule has 0 saturated carbocycles. The number of rotatable bonds is 3. The highest BCUT2D eigenvalue weighted by Crippen LogP contribution is 2.24. The molecule has 0 unspecified atom stereocenters. The maximum absolute atomic E-state index is 12.9. The van der Waals surface area contributed by atoms with Gasteiger partial charge in [-0.1, -0.05) is 12.1 Å². The third-order valence-electron chi connectivity index (χ3n) is 4.42. The van der Waals surface area contributed by atoms with Crippen molar-refractivity contribution in [3.8, 4) is 5.75 Å². The molecular weight excluding hydrogens is 352 g/mol. The minimum Gasteiger partial charge on any atom is -0.495 e. The van der Waals surface area contributed by atoms with Crippen LogP contribution in [0.25, 0.3) is 11.0 Å².